The summed E-state index contributed by atoms with van der Waals surface area (Å²) in [5.74, 6) is -1.49. The van der Waals surface area contributed by atoms with Gasteiger partial charge in [-0.05, 0) is 55.7 Å². The number of aliphatic carboxylic acids is 1. The van der Waals surface area contributed by atoms with E-state index in [-0.39, 0.29) is 23.3 Å². The summed E-state index contributed by atoms with van der Waals surface area (Å²) in [6, 6.07) is 8.99. The zero-order valence-electron chi connectivity index (χ0n) is 20.9. The maximum absolute atomic E-state index is 13.1. The fourth-order valence-electron chi connectivity index (χ4n) is 3.84. The van der Waals surface area contributed by atoms with Crippen molar-refractivity contribution in [3.63, 3.8) is 0 Å². The van der Waals surface area contributed by atoms with Crippen LogP contribution in [0.15, 0.2) is 42.6 Å². The largest absolute Gasteiger partial charge is 0.493 e. The molecule has 1 saturated heterocycles. The third-order valence-corrected chi connectivity index (χ3v) is 5.77. The molecule has 10 nitrogen and oxygen atoms in total. The Morgan fingerprint density at radius 2 is 1.69 bits per heavy atom. The lowest BCUT2D eigenvalue weighted by Crippen LogP contribution is -2.38. The van der Waals surface area contributed by atoms with E-state index in [0.29, 0.717) is 36.2 Å². The van der Waals surface area contributed by atoms with Crippen molar-refractivity contribution < 1.29 is 41.7 Å². The number of amides is 1. The van der Waals surface area contributed by atoms with E-state index in [1.165, 1.54) is 37.6 Å². The summed E-state index contributed by atoms with van der Waals surface area (Å²) in [5.41, 5.74) is 7.93. The minimum absolute atomic E-state index is 0.171. The van der Waals surface area contributed by atoms with Crippen molar-refractivity contribution in [1.82, 2.24) is 20.1 Å². The van der Waals surface area contributed by atoms with Gasteiger partial charge >= 0.3 is 12.1 Å². The number of methoxy groups -OCH3 is 1. The highest BCUT2D eigenvalue weighted by Gasteiger charge is 2.38. The Kier molecular flexibility index (Phi) is 9.22. The van der Waals surface area contributed by atoms with Crippen LogP contribution in [0.1, 0.15) is 40.5 Å². The number of carbonyl (C=O) groups is 2. The number of carbonyl (C=O) groups excluding carboxylic acids is 1. The van der Waals surface area contributed by atoms with Gasteiger partial charge in [-0.3, -0.25) is 4.79 Å². The number of alkyl halides is 3. The number of halogens is 4. The smallest absolute Gasteiger partial charge is 0.490 e. The minimum Gasteiger partial charge on any atom is -0.493 e. The highest BCUT2D eigenvalue weighted by molar-refractivity contribution is 5.93. The number of pyridine rings is 1. The van der Waals surface area contributed by atoms with Gasteiger partial charge in [0, 0.05) is 25.1 Å². The van der Waals surface area contributed by atoms with Gasteiger partial charge in [0.15, 0.2) is 11.5 Å². The Balaban J connectivity index is 0.000000532. The molecule has 14 heteroatoms. The molecule has 2 aromatic heterocycles. The number of aryl methyl sites for hydroxylation is 1. The lowest BCUT2D eigenvalue weighted by atomic mass is 9.91. The number of benzene rings is 1. The summed E-state index contributed by atoms with van der Waals surface area (Å²) in [7, 11) is 1.49. The van der Waals surface area contributed by atoms with E-state index in [2.05, 4.69) is 15.2 Å². The molecular weight excluding hydrogens is 526 g/mol. The average Bonchev–Trinajstić information content (AvgIpc) is 2.90. The number of rotatable bonds is 5. The molecule has 3 aromatic rings. The predicted molar refractivity (Wildman–Crippen MR) is 130 cm³/mol. The van der Waals surface area contributed by atoms with Crippen LogP contribution < -0.4 is 15.2 Å². The quantitative estimate of drug-likeness (QED) is 0.443. The van der Waals surface area contributed by atoms with E-state index >= 15 is 0 Å². The molecular formula is C25H25F4N5O5. The Labute approximate surface area is 220 Å². The Morgan fingerprint density at radius 3 is 2.23 bits per heavy atom. The fourth-order valence-corrected chi connectivity index (χ4v) is 3.84. The third-order valence-electron chi connectivity index (χ3n) is 5.77. The molecule has 0 radical (unpaired) electrons. The topological polar surface area (TPSA) is 141 Å². The molecule has 0 saturated carbocycles. The number of nitrogen functional groups attached to an aromatic ring is 1. The number of hydrogen-bond donors (Lipinski definition) is 2. The molecule has 1 aliphatic heterocycles. The summed E-state index contributed by atoms with van der Waals surface area (Å²) in [5, 5.41) is 15.4. The first kappa shape index (κ1) is 29.1. The number of nitrogens with two attached hydrogens (primary N) is 1. The van der Waals surface area contributed by atoms with E-state index in [1.54, 1.807) is 11.0 Å². The summed E-state index contributed by atoms with van der Waals surface area (Å²) in [4.78, 5) is 28.0. The number of anilines is 1. The second-order valence-corrected chi connectivity index (χ2v) is 8.48. The van der Waals surface area contributed by atoms with Crippen LogP contribution in [0.2, 0.25) is 0 Å². The van der Waals surface area contributed by atoms with Crippen molar-refractivity contribution in [3.8, 4) is 17.2 Å². The molecule has 4 rings (SSSR count). The Hall–Kier alpha value is -4.49. The number of likely N-dealkylation sites (tertiary alicyclic amines) is 1. The molecule has 39 heavy (non-hydrogen) atoms. The molecule has 0 unspecified atom stereocenters. The van der Waals surface area contributed by atoms with Gasteiger partial charge in [-0.15, -0.1) is 5.10 Å². The van der Waals surface area contributed by atoms with Crippen LogP contribution in [0.25, 0.3) is 0 Å². The van der Waals surface area contributed by atoms with Gasteiger partial charge in [-0.1, -0.05) is 0 Å². The fraction of sp³-hybridized carbons (Fsp3) is 0.320. The van der Waals surface area contributed by atoms with Gasteiger partial charge in [0.2, 0.25) is 0 Å². The monoisotopic (exact) mass is 551 g/mol. The first-order valence-corrected chi connectivity index (χ1v) is 11.6. The van der Waals surface area contributed by atoms with Gasteiger partial charge in [0.1, 0.15) is 23.1 Å². The molecule has 0 atom stereocenters. The van der Waals surface area contributed by atoms with Crippen molar-refractivity contribution in [1.29, 1.82) is 0 Å². The lowest BCUT2D eigenvalue weighted by Gasteiger charge is -2.32. The van der Waals surface area contributed by atoms with Crippen molar-refractivity contribution in [3.05, 3.63) is 65.4 Å². The molecule has 1 fully saturated rings. The molecule has 1 amide bonds. The normalized spacial score (nSPS) is 13.7. The standard InChI is InChI=1S/C23H24FN5O3.C2HF3O2/c1-14-11-21(25)27-28-22(14)15-7-9-29(10-8-15)23(30)18-12-19(31-2)20(13-26-18)32-17-5-3-16(24)4-6-17;3-2(4,5)1(6)7/h3-6,11-13,15H,7-10H2,1-2H3,(H2,25,27);(H,6,7). The summed E-state index contributed by atoms with van der Waals surface area (Å²) in [6.07, 6.45) is -2.07. The molecule has 1 aromatic carbocycles. The average molecular weight is 551 g/mol. The second-order valence-electron chi connectivity index (χ2n) is 8.48. The van der Waals surface area contributed by atoms with E-state index in [9.17, 15) is 22.4 Å². The zero-order chi connectivity index (χ0) is 28.7. The first-order valence-electron chi connectivity index (χ1n) is 11.6. The SMILES string of the molecule is COc1cc(C(=O)N2CCC(c3nnc(N)cc3C)CC2)ncc1Oc1ccc(F)cc1.O=C(O)C(F)(F)F. The van der Waals surface area contributed by atoms with E-state index in [4.69, 9.17) is 25.1 Å². The number of carboxylic acids is 1. The highest BCUT2D eigenvalue weighted by atomic mass is 19.4. The maximum Gasteiger partial charge on any atom is 0.490 e. The predicted octanol–water partition coefficient (Wildman–Crippen LogP) is 4.36. The lowest BCUT2D eigenvalue weighted by molar-refractivity contribution is -0.192. The van der Waals surface area contributed by atoms with Crippen molar-refractivity contribution in [2.24, 2.45) is 0 Å². The molecule has 0 aliphatic carbocycles. The number of aromatic nitrogens is 3. The van der Waals surface area contributed by atoms with Gasteiger partial charge in [0.25, 0.3) is 5.91 Å². The number of carboxylic acid groups (broad SMARTS) is 1. The van der Waals surface area contributed by atoms with Crippen LogP contribution in [0.3, 0.4) is 0 Å². The van der Waals surface area contributed by atoms with Crippen LogP contribution in [0, 0.1) is 12.7 Å². The number of ether oxygens (including phenoxy) is 2. The molecule has 3 heterocycles. The van der Waals surface area contributed by atoms with Crippen molar-refractivity contribution in [2.75, 3.05) is 25.9 Å². The zero-order valence-corrected chi connectivity index (χ0v) is 20.9. The maximum atomic E-state index is 13.1. The Morgan fingerprint density at radius 1 is 1.08 bits per heavy atom. The summed E-state index contributed by atoms with van der Waals surface area (Å²) in [6.45, 7) is 3.16. The van der Waals surface area contributed by atoms with Gasteiger partial charge in [-0.25, -0.2) is 14.2 Å². The number of hydrogen-bond acceptors (Lipinski definition) is 8. The van der Waals surface area contributed by atoms with Crippen molar-refractivity contribution in [2.45, 2.75) is 31.9 Å². The van der Waals surface area contributed by atoms with Crippen molar-refractivity contribution >= 4 is 17.7 Å². The Bertz CT molecular complexity index is 1310. The van der Waals surface area contributed by atoms with Gasteiger partial charge < -0.3 is 25.2 Å². The summed E-state index contributed by atoms with van der Waals surface area (Å²) >= 11 is 0. The van der Waals surface area contributed by atoms with Gasteiger partial charge in [-0.2, -0.15) is 18.3 Å². The van der Waals surface area contributed by atoms with Crippen LogP contribution in [0.4, 0.5) is 23.4 Å². The molecule has 208 valence electrons. The summed E-state index contributed by atoms with van der Waals surface area (Å²) < 4.78 is 55.9. The van der Waals surface area contributed by atoms with Crippen LogP contribution >= 0.6 is 0 Å². The van der Waals surface area contributed by atoms with Crippen LogP contribution in [-0.2, 0) is 4.79 Å². The van der Waals surface area contributed by atoms with E-state index < -0.39 is 12.1 Å². The number of piperidine rings is 1. The van der Waals surface area contributed by atoms with E-state index in [0.717, 1.165) is 24.1 Å². The van der Waals surface area contributed by atoms with Gasteiger partial charge in [0.05, 0.1) is 19.0 Å². The first-order chi connectivity index (χ1) is 18.4. The molecule has 0 spiro atoms. The minimum atomic E-state index is -5.08. The van der Waals surface area contributed by atoms with Crippen LogP contribution in [-0.4, -0.2) is 63.4 Å². The van der Waals surface area contributed by atoms with E-state index in [1.807, 2.05) is 13.0 Å². The highest BCUT2D eigenvalue weighted by Crippen LogP contribution is 2.33. The number of nitrogens with zero attached hydrogens (tertiary/aromatic N) is 4. The molecule has 0 bridgehead atoms. The third kappa shape index (κ3) is 7.75. The second kappa shape index (κ2) is 12.4. The molecule has 1 aliphatic rings. The van der Waals surface area contributed by atoms with Crippen LogP contribution in [0.5, 0.6) is 17.2 Å². The molecule has 3 N–H and O–H groups in total.